The summed E-state index contributed by atoms with van der Waals surface area (Å²) in [6.45, 7) is 4.34. The van der Waals surface area contributed by atoms with Gasteiger partial charge in [0.05, 0.1) is 34.9 Å². The molecule has 0 aromatic carbocycles. The highest BCUT2D eigenvalue weighted by atomic mass is 19.4. The molecule has 3 rings (SSSR count). The largest absolute Gasteiger partial charge is 0.421 e. The van der Waals surface area contributed by atoms with E-state index >= 15 is 0 Å². The number of aromatic nitrogens is 4. The number of alkyl halides is 3. The molecule has 2 aromatic heterocycles. The van der Waals surface area contributed by atoms with Crippen molar-refractivity contribution in [3.05, 3.63) is 23.7 Å². The maximum atomic E-state index is 13.8. The molecule has 0 saturated carbocycles. The van der Waals surface area contributed by atoms with E-state index in [1.807, 2.05) is 52.0 Å². The van der Waals surface area contributed by atoms with Gasteiger partial charge in [-0.25, -0.2) is 4.98 Å². The standard InChI is InChI=1S/C17H28B6F3N7O/c1-3-27-11-9(15(24,25)26)6-28-13(30-11)29-10-7-33(31-8(10)2)14(16(18,19)20)4-5-32(12(14)34)17(21,22)23/h6-7H,3-5,18-23H2,1-2H3,(H2,27,28,29,30)/t14-/m0/s1. The monoisotopic (exact) mass is 469 g/mol. The molecule has 1 aliphatic rings. The summed E-state index contributed by atoms with van der Waals surface area (Å²) < 4.78 is 41.6. The number of halogens is 3. The van der Waals surface area contributed by atoms with E-state index in [1.54, 1.807) is 24.7 Å². The van der Waals surface area contributed by atoms with Crippen LogP contribution < -0.4 is 10.6 Å². The normalized spacial score (nSPS) is 19.4. The van der Waals surface area contributed by atoms with Gasteiger partial charge in [0.2, 0.25) is 11.9 Å². The molecule has 8 nitrogen and oxygen atoms in total. The third kappa shape index (κ3) is 4.57. The van der Waals surface area contributed by atoms with Gasteiger partial charge in [-0.3, -0.25) is 9.48 Å². The van der Waals surface area contributed by atoms with Crippen LogP contribution in [0.3, 0.4) is 0 Å². The number of aryl methyl sites for hydroxylation is 1. The van der Waals surface area contributed by atoms with Crippen LogP contribution in [0.25, 0.3) is 0 Å². The van der Waals surface area contributed by atoms with E-state index in [9.17, 15) is 18.0 Å². The lowest BCUT2D eigenvalue weighted by atomic mass is 9.34. The van der Waals surface area contributed by atoms with Crippen LogP contribution in [0.4, 0.5) is 30.6 Å². The van der Waals surface area contributed by atoms with Crippen LogP contribution in [0.5, 0.6) is 0 Å². The van der Waals surface area contributed by atoms with Gasteiger partial charge in [-0.15, -0.1) is 0 Å². The first kappa shape index (κ1) is 26.1. The number of hydrogen-bond donors (Lipinski definition) is 2. The number of nitrogens with zero attached hydrogens (tertiary/aromatic N) is 5. The van der Waals surface area contributed by atoms with Crippen LogP contribution >= 0.6 is 0 Å². The highest BCUT2D eigenvalue weighted by Gasteiger charge is 2.57. The Morgan fingerprint density at radius 1 is 1.18 bits per heavy atom. The van der Waals surface area contributed by atoms with Gasteiger partial charge in [0, 0.05) is 25.5 Å². The van der Waals surface area contributed by atoms with Crippen LogP contribution in [0, 0.1) is 6.92 Å². The van der Waals surface area contributed by atoms with Crippen molar-refractivity contribution in [3.63, 3.8) is 0 Å². The molecular formula is C17H28B6F3N7O. The predicted molar refractivity (Wildman–Crippen MR) is 142 cm³/mol. The Balaban J connectivity index is 2.01. The number of amides is 1. The molecule has 2 aromatic rings. The summed E-state index contributed by atoms with van der Waals surface area (Å²) in [7, 11) is 12.1. The summed E-state index contributed by atoms with van der Waals surface area (Å²) in [6, 6.07) is 0. The molecule has 17 heteroatoms. The zero-order valence-electron chi connectivity index (χ0n) is 21.1. The molecule has 0 spiro atoms. The van der Waals surface area contributed by atoms with Crippen molar-refractivity contribution in [2.45, 2.75) is 42.3 Å². The van der Waals surface area contributed by atoms with Crippen molar-refractivity contribution < 1.29 is 18.0 Å². The first-order valence-electron chi connectivity index (χ1n) is 11.4. The zero-order valence-corrected chi connectivity index (χ0v) is 21.1. The van der Waals surface area contributed by atoms with Crippen molar-refractivity contribution >= 4 is 70.4 Å². The Bertz CT molecular complexity index is 1090. The summed E-state index contributed by atoms with van der Waals surface area (Å²) in [5.41, 5.74) is -0.731. The van der Waals surface area contributed by atoms with Crippen molar-refractivity contribution in [1.29, 1.82) is 0 Å². The molecule has 1 saturated heterocycles. The van der Waals surface area contributed by atoms with Gasteiger partial charge in [0.15, 0.2) is 0 Å². The second-order valence-corrected chi connectivity index (χ2v) is 10.7. The van der Waals surface area contributed by atoms with E-state index in [0.717, 1.165) is 6.20 Å². The van der Waals surface area contributed by atoms with Crippen molar-refractivity contribution in [1.82, 2.24) is 24.6 Å². The lowest BCUT2D eigenvalue weighted by Crippen LogP contribution is -2.58. The molecule has 0 unspecified atom stereocenters. The van der Waals surface area contributed by atoms with Crippen molar-refractivity contribution in [2.24, 2.45) is 0 Å². The summed E-state index contributed by atoms with van der Waals surface area (Å²) in [5, 5.41) is 9.52. The fourth-order valence-corrected chi connectivity index (χ4v) is 4.45. The van der Waals surface area contributed by atoms with Gasteiger partial charge < -0.3 is 15.5 Å². The molecular weight excluding hydrogens is 440 g/mol. The van der Waals surface area contributed by atoms with Gasteiger partial charge in [0.25, 0.3) is 0 Å². The number of nitrogens with one attached hydrogen (secondary N) is 2. The minimum absolute atomic E-state index is 0.00163. The topological polar surface area (TPSA) is 88.0 Å². The van der Waals surface area contributed by atoms with E-state index in [0.29, 0.717) is 24.3 Å². The minimum Gasteiger partial charge on any atom is -0.370 e. The number of likely N-dealkylation sites (tertiary alicyclic amines) is 1. The van der Waals surface area contributed by atoms with Crippen molar-refractivity contribution in [3.8, 4) is 0 Å². The molecule has 34 heavy (non-hydrogen) atoms. The third-order valence-corrected chi connectivity index (χ3v) is 6.32. The number of hydrogen-bond acceptors (Lipinski definition) is 6. The fourth-order valence-electron chi connectivity index (χ4n) is 4.45. The second-order valence-electron chi connectivity index (χ2n) is 10.7. The lowest BCUT2D eigenvalue weighted by Gasteiger charge is -2.42. The van der Waals surface area contributed by atoms with E-state index < -0.39 is 22.4 Å². The Morgan fingerprint density at radius 3 is 2.32 bits per heavy atom. The molecule has 1 aliphatic heterocycles. The highest BCUT2D eigenvalue weighted by molar-refractivity contribution is 6.62. The third-order valence-electron chi connectivity index (χ3n) is 6.32. The van der Waals surface area contributed by atoms with Crippen molar-refractivity contribution in [2.75, 3.05) is 23.7 Å². The zero-order chi connectivity index (χ0) is 25.7. The number of anilines is 3. The van der Waals surface area contributed by atoms with Gasteiger partial charge in [-0.05, 0) is 25.5 Å². The van der Waals surface area contributed by atoms with E-state index in [4.69, 9.17) is 0 Å². The number of carbonyl (C=O) groups excluding carboxylic acids is 1. The molecule has 1 atom stereocenters. The lowest BCUT2D eigenvalue weighted by molar-refractivity contribution is -0.137. The molecule has 0 bridgehead atoms. The van der Waals surface area contributed by atoms with Crippen LogP contribution in [0.2, 0.25) is 5.11 Å². The average Bonchev–Trinajstić information content (AvgIpc) is 3.21. The maximum absolute atomic E-state index is 13.8. The predicted octanol–water partition coefficient (Wildman–Crippen LogP) is -3.41. The summed E-state index contributed by atoms with van der Waals surface area (Å²) in [4.78, 5) is 23.5. The van der Waals surface area contributed by atoms with Crippen LogP contribution in [-0.2, 0) is 16.5 Å². The molecule has 3 heterocycles. The van der Waals surface area contributed by atoms with Gasteiger partial charge in [-0.1, -0.05) is 5.11 Å². The highest BCUT2D eigenvalue weighted by Crippen LogP contribution is 2.46. The van der Waals surface area contributed by atoms with Gasteiger partial charge >= 0.3 is 6.18 Å². The summed E-state index contributed by atoms with van der Waals surface area (Å²) >= 11 is 0. The number of carbonyl (C=O) groups is 1. The van der Waals surface area contributed by atoms with Crippen LogP contribution in [-0.4, -0.2) is 96.0 Å². The van der Waals surface area contributed by atoms with Gasteiger partial charge in [-0.2, -0.15) is 23.3 Å². The molecule has 0 radical (unpaired) electrons. The maximum Gasteiger partial charge on any atom is 0.421 e. The van der Waals surface area contributed by atoms with E-state index in [-0.39, 0.29) is 29.5 Å². The molecule has 1 amide bonds. The summed E-state index contributed by atoms with van der Waals surface area (Å²) in [6.07, 6.45) is -1.50. The average molecular weight is 468 g/mol. The summed E-state index contributed by atoms with van der Waals surface area (Å²) in [5.74, 6) is -0.289. The molecule has 0 aliphatic carbocycles. The SMILES string of the molecule is BC(B)(B)N1CC[C@@](n2cc(Nc3ncc(C(F)(F)F)c(NCC)n3)c(C)n2)(C(B)(B)B)C1=O. The molecule has 176 valence electrons. The Kier molecular flexibility index (Phi) is 6.64. The van der Waals surface area contributed by atoms with Gasteiger partial charge in [0.1, 0.15) is 40.5 Å². The van der Waals surface area contributed by atoms with E-state index in [2.05, 4.69) is 25.7 Å². The molecule has 1 fully saturated rings. The van der Waals surface area contributed by atoms with Crippen LogP contribution in [0.15, 0.2) is 12.4 Å². The second kappa shape index (κ2) is 8.64. The fraction of sp³-hybridized carbons (Fsp3) is 0.529. The minimum atomic E-state index is -4.57. The quantitative estimate of drug-likeness (QED) is 0.412. The van der Waals surface area contributed by atoms with Crippen LogP contribution in [0.1, 0.15) is 24.6 Å². The molecule has 2 N–H and O–H groups in total. The number of rotatable bonds is 7. The Hall–Kier alpha value is -2.46. The Morgan fingerprint density at radius 2 is 1.82 bits per heavy atom. The first-order chi connectivity index (χ1) is 15.5. The van der Waals surface area contributed by atoms with E-state index in [1.165, 1.54) is 0 Å². The smallest absolute Gasteiger partial charge is 0.370 e. The Labute approximate surface area is 203 Å². The first-order valence-corrected chi connectivity index (χ1v) is 11.4.